The molecule has 1 unspecified atom stereocenters. The molecule has 0 aliphatic carbocycles. The van der Waals surface area contributed by atoms with Gasteiger partial charge in [-0.15, -0.1) is 0 Å². The van der Waals surface area contributed by atoms with Gasteiger partial charge in [-0.25, -0.2) is 0 Å². The van der Waals surface area contributed by atoms with Crippen LogP contribution in [0.3, 0.4) is 0 Å². The van der Waals surface area contributed by atoms with Crippen LogP contribution in [0.1, 0.15) is 31.9 Å². The van der Waals surface area contributed by atoms with E-state index in [1.54, 1.807) is 0 Å². The molecule has 0 saturated carbocycles. The fourth-order valence-corrected chi connectivity index (χ4v) is 2.01. The lowest BCUT2D eigenvalue weighted by Crippen LogP contribution is -2.36. The van der Waals surface area contributed by atoms with Crippen LogP contribution in [-0.2, 0) is 13.1 Å². The Bertz CT molecular complexity index is 543. The lowest BCUT2D eigenvalue weighted by atomic mass is 9.89. The van der Waals surface area contributed by atoms with Crippen LogP contribution in [0.5, 0.6) is 0 Å². The molecule has 0 aliphatic rings. The van der Waals surface area contributed by atoms with Gasteiger partial charge in [0.15, 0.2) is 0 Å². The predicted molar refractivity (Wildman–Crippen MR) is 84.9 cm³/mol. The van der Waals surface area contributed by atoms with E-state index in [0.717, 1.165) is 18.7 Å². The van der Waals surface area contributed by atoms with Crippen LogP contribution in [0, 0.1) is 5.41 Å². The number of hydrogen-bond donors (Lipinski definition) is 2. The van der Waals surface area contributed by atoms with E-state index in [2.05, 4.69) is 22.5 Å². The summed E-state index contributed by atoms with van der Waals surface area (Å²) >= 11 is 0. The first-order valence-electron chi connectivity index (χ1n) is 7.39. The number of aliphatic hydroxyl groups is 1. The minimum absolute atomic E-state index is 0.0928. The van der Waals surface area contributed by atoms with Gasteiger partial charge in [0, 0.05) is 24.8 Å². The molecule has 1 atom stereocenters. The highest BCUT2D eigenvalue weighted by Gasteiger charge is 2.21. The van der Waals surface area contributed by atoms with Crippen LogP contribution in [0.25, 0.3) is 0 Å². The summed E-state index contributed by atoms with van der Waals surface area (Å²) in [4.78, 5) is 0. The molecule has 2 aromatic rings. The second kappa shape index (κ2) is 6.87. The van der Waals surface area contributed by atoms with Gasteiger partial charge in [0.1, 0.15) is 0 Å². The number of aliphatic hydroxyl groups excluding tert-OH is 1. The molecule has 4 nitrogen and oxygen atoms in total. The van der Waals surface area contributed by atoms with Crippen molar-refractivity contribution >= 4 is 0 Å². The van der Waals surface area contributed by atoms with Crippen molar-refractivity contribution in [3.05, 3.63) is 53.9 Å². The summed E-state index contributed by atoms with van der Waals surface area (Å²) in [6.45, 7) is 8.21. The summed E-state index contributed by atoms with van der Waals surface area (Å²) < 4.78 is 1.94. The molecule has 0 fully saturated rings. The summed E-state index contributed by atoms with van der Waals surface area (Å²) in [5.74, 6) is 0. The Kier molecular flexibility index (Phi) is 5.15. The van der Waals surface area contributed by atoms with E-state index < -0.39 is 0 Å². The number of rotatable bonds is 6. The van der Waals surface area contributed by atoms with Crippen molar-refractivity contribution in [1.29, 1.82) is 0 Å². The monoisotopic (exact) mass is 287 g/mol. The van der Waals surface area contributed by atoms with Crippen LogP contribution in [0.15, 0.2) is 42.7 Å². The molecule has 0 spiro atoms. The van der Waals surface area contributed by atoms with Gasteiger partial charge in [0.25, 0.3) is 0 Å². The quantitative estimate of drug-likeness (QED) is 0.858. The number of nitrogens with zero attached hydrogens (tertiary/aromatic N) is 2. The summed E-state index contributed by atoms with van der Waals surface area (Å²) in [6, 6.07) is 10.3. The van der Waals surface area contributed by atoms with E-state index in [1.807, 2.05) is 56.0 Å². The molecule has 1 heterocycles. The number of benzene rings is 1. The van der Waals surface area contributed by atoms with Gasteiger partial charge < -0.3 is 10.4 Å². The molecule has 0 saturated heterocycles. The minimum atomic E-state index is -0.350. The molecule has 0 amide bonds. The van der Waals surface area contributed by atoms with E-state index in [9.17, 15) is 5.11 Å². The normalized spacial score (nSPS) is 13.3. The zero-order valence-corrected chi connectivity index (χ0v) is 13.1. The van der Waals surface area contributed by atoms with Gasteiger partial charge in [-0.2, -0.15) is 5.10 Å². The van der Waals surface area contributed by atoms with E-state index in [1.165, 1.54) is 5.56 Å². The Morgan fingerprint density at radius 3 is 2.57 bits per heavy atom. The fourth-order valence-electron chi connectivity index (χ4n) is 2.01. The molecule has 4 heteroatoms. The Morgan fingerprint density at radius 1 is 1.19 bits per heavy atom. The molecule has 21 heavy (non-hydrogen) atoms. The topological polar surface area (TPSA) is 50.1 Å². The van der Waals surface area contributed by atoms with Crippen molar-refractivity contribution in [2.75, 3.05) is 6.54 Å². The molecule has 114 valence electrons. The van der Waals surface area contributed by atoms with Crippen molar-refractivity contribution in [2.45, 2.75) is 40.0 Å². The lowest BCUT2D eigenvalue weighted by molar-refractivity contribution is 0.0627. The average molecular weight is 287 g/mol. The third-order valence-corrected chi connectivity index (χ3v) is 3.54. The molecule has 2 rings (SSSR count). The van der Waals surface area contributed by atoms with E-state index in [-0.39, 0.29) is 11.5 Å². The number of hydrogen-bond acceptors (Lipinski definition) is 3. The highest BCUT2D eigenvalue weighted by molar-refractivity contribution is 5.15. The second-order valence-corrected chi connectivity index (χ2v) is 6.54. The van der Waals surface area contributed by atoms with Crippen molar-refractivity contribution in [2.24, 2.45) is 5.41 Å². The van der Waals surface area contributed by atoms with Crippen molar-refractivity contribution in [3.8, 4) is 0 Å². The van der Waals surface area contributed by atoms with Gasteiger partial charge >= 0.3 is 0 Å². The molecule has 0 aliphatic heterocycles. The maximum absolute atomic E-state index is 9.98. The van der Waals surface area contributed by atoms with Crippen LogP contribution < -0.4 is 5.32 Å². The third kappa shape index (κ3) is 4.99. The zero-order chi connectivity index (χ0) is 15.3. The van der Waals surface area contributed by atoms with Gasteiger partial charge in [-0.3, -0.25) is 4.68 Å². The molecule has 2 N–H and O–H groups in total. The SMILES string of the molecule is CC(C)(C)C(O)CNCc1cnn(Cc2ccccc2)c1. The van der Waals surface area contributed by atoms with Gasteiger partial charge in [0.05, 0.1) is 18.8 Å². The van der Waals surface area contributed by atoms with Crippen LogP contribution in [-0.4, -0.2) is 27.5 Å². The average Bonchev–Trinajstić information content (AvgIpc) is 2.86. The van der Waals surface area contributed by atoms with E-state index in [4.69, 9.17) is 0 Å². The zero-order valence-electron chi connectivity index (χ0n) is 13.1. The smallest absolute Gasteiger partial charge is 0.0712 e. The predicted octanol–water partition coefficient (Wildman–Crippen LogP) is 2.43. The Hall–Kier alpha value is -1.65. The van der Waals surface area contributed by atoms with Crippen LogP contribution in [0.2, 0.25) is 0 Å². The maximum Gasteiger partial charge on any atom is 0.0712 e. The number of nitrogens with one attached hydrogen (secondary N) is 1. The lowest BCUT2D eigenvalue weighted by Gasteiger charge is -2.25. The van der Waals surface area contributed by atoms with Gasteiger partial charge in [0.2, 0.25) is 0 Å². The highest BCUT2D eigenvalue weighted by atomic mass is 16.3. The molecular formula is C17H25N3O. The van der Waals surface area contributed by atoms with Crippen molar-refractivity contribution in [1.82, 2.24) is 15.1 Å². The molecule has 1 aromatic heterocycles. The second-order valence-electron chi connectivity index (χ2n) is 6.54. The first-order chi connectivity index (χ1) is 9.95. The Morgan fingerprint density at radius 2 is 1.90 bits per heavy atom. The summed E-state index contributed by atoms with van der Waals surface area (Å²) in [7, 11) is 0. The van der Waals surface area contributed by atoms with E-state index >= 15 is 0 Å². The van der Waals surface area contributed by atoms with Crippen LogP contribution >= 0.6 is 0 Å². The molecule has 0 bridgehead atoms. The third-order valence-electron chi connectivity index (χ3n) is 3.54. The maximum atomic E-state index is 9.98. The number of aromatic nitrogens is 2. The standard InChI is InChI=1S/C17H25N3O/c1-17(2,3)16(21)11-18-9-15-10-19-20(13-15)12-14-7-5-4-6-8-14/h4-8,10,13,16,18,21H,9,11-12H2,1-3H3. The molecular weight excluding hydrogens is 262 g/mol. The van der Waals surface area contributed by atoms with Crippen molar-refractivity contribution < 1.29 is 5.11 Å². The van der Waals surface area contributed by atoms with Crippen LogP contribution in [0.4, 0.5) is 0 Å². The first-order valence-corrected chi connectivity index (χ1v) is 7.39. The Balaban J connectivity index is 1.81. The fraction of sp³-hybridized carbons (Fsp3) is 0.471. The molecule has 1 aromatic carbocycles. The van der Waals surface area contributed by atoms with Gasteiger partial charge in [-0.1, -0.05) is 51.1 Å². The van der Waals surface area contributed by atoms with Crippen molar-refractivity contribution in [3.63, 3.8) is 0 Å². The summed E-state index contributed by atoms with van der Waals surface area (Å²) in [5, 5.41) is 17.6. The summed E-state index contributed by atoms with van der Waals surface area (Å²) in [5.41, 5.74) is 2.28. The Labute approximate surface area is 126 Å². The first kappa shape index (κ1) is 15.7. The highest BCUT2D eigenvalue weighted by Crippen LogP contribution is 2.18. The summed E-state index contributed by atoms with van der Waals surface area (Å²) in [6.07, 6.45) is 3.57. The minimum Gasteiger partial charge on any atom is -0.391 e. The van der Waals surface area contributed by atoms with Gasteiger partial charge in [-0.05, 0) is 11.0 Å². The van der Waals surface area contributed by atoms with E-state index in [0.29, 0.717) is 6.54 Å². The largest absolute Gasteiger partial charge is 0.391 e. The molecule has 0 radical (unpaired) electrons.